The van der Waals surface area contributed by atoms with Gasteiger partial charge >= 0.3 is 0 Å². The Bertz CT molecular complexity index is 652. The van der Waals surface area contributed by atoms with Crippen molar-refractivity contribution >= 4 is 5.91 Å². The van der Waals surface area contributed by atoms with E-state index in [9.17, 15) is 4.79 Å². The smallest absolute Gasteiger partial charge is 0.224 e. The summed E-state index contributed by atoms with van der Waals surface area (Å²) in [6, 6.07) is 15.9. The molecule has 0 aromatic heterocycles. The van der Waals surface area contributed by atoms with Gasteiger partial charge in [0.2, 0.25) is 5.91 Å². The number of benzene rings is 2. The summed E-state index contributed by atoms with van der Waals surface area (Å²) in [5.74, 6) is 0.836. The van der Waals surface area contributed by atoms with Crippen LogP contribution in [0.2, 0.25) is 0 Å². The summed E-state index contributed by atoms with van der Waals surface area (Å²) in [4.78, 5) is 12.3. The first-order valence-electron chi connectivity index (χ1n) is 7.47. The number of ether oxygens (including phenoxy) is 1. The van der Waals surface area contributed by atoms with E-state index in [1.165, 1.54) is 11.1 Å². The lowest BCUT2D eigenvalue weighted by Gasteiger charge is -2.27. The Balaban J connectivity index is 1.65. The predicted molar refractivity (Wildman–Crippen MR) is 85.7 cm³/mol. The number of rotatable bonds is 4. The van der Waals surface area contributed by atoms with Crippen LogP contribution in [0.4, 0.5) is 0 Å². The van der Waals surface area contributed by atoms with E-state index in [-0.39, 0.29) is 11.9 Å². The zero-order chi connectivity index (χ0) is 15.4. The van der Waals surface area contributed by atoms with Crippen LogP contribution >= 0.6 is 0 Å². The molecule has 0 aliphatic carbocycles. The summed E-state index contributed by atoms with van der Waals surface area (Å²) in [5.41, 5.74) is 3.45. The molecule has 0 spiro atoms. The Labute approximate surface area is 130 Å². The lowest BCUT2D eigenvalue weighted by Crippen LogP contribution is -2.39. The molecule has 2 N–H and O–H groups in total. The average Bonchev–Trinajstić information content (AvgIpc) is 2.56. The highest BCUT2D eigenvalue weighted by molar-refractivity contribution is 5.79. The lowest BCUT2D eigenvalue weighted by molar-refractivity contribution is -0.121. The average molecular weight is 296 g/mol. The van der Waals surface area contributed by atoms with Crippen LogP contribution in [-0.4, -0.2) is 19.6 Å². The molecule has 0 saturated carbocycles. The van der Waals surface area contributed by atoms with Crippen LogP contribution in [0.1, 0.15) is 22.7 Å². The van der Waals surface area contributed by atoms with E-state index >= 15 is 0 Å². The van der Waals surface area contributed by atoms with Gasteiger partial charge in [0.1, 0.15) is 5.75 Å². The molecule has 1 amide bonds. The van der Waals surface area contributed by atoms with Gasteiger partial charge in [0.15, 0.2) is 0 Å². The Morgan fingerprint density at radius 2 is 2.00 bits per heavy atom. The zero-order valence-corrected chi connectivity index (χ0v) is 12.6. The van der Waals surface area contributed by atoms with Crippen molar-refractivity contribution in [1.82, 2.24) is 10.6 Å². The van der Waals surface area contributed by atoms with E-state index < -0.39 is 0 Å². The van der Waals surface area contributed by atoms with E-state index in [4.69, 9.17) is 4.74 Å². The molecule has 0 saturated heterocycles. The standard InChI is InChI=1S/C18H20N2O2/c1-22-15-8-6-13(7-9-15)10-18(21)20-17-12-19-11-14-4-2-3-5-16(14)17/h2-9,17,19H,10-12H2,1H3,(H,20,21). The second-order valence-electron chi connectivity index (χ2n) is 5.47. The van der Waals surface area contributed by atoms with E-state index in [0.717, 1.165) is 24.4 Å². The van der Waals surface area contributed by atoms with Gasteiger partial charge in [-0.05, 0) is 28.8 Å². The van der Waals surface area contributed by atoms with Gasteiger partial charge in [-0.2, -0.15) is 0 Å². The second-order valence-corrected chi connectivity index (χ2v) is 5.47. The summed E-state index contributed by atoms with van der Waals surface area (Å²) in [5, 5.41) is 6.46. The van der Waals surface area contributed by atoms with Crippen molar-refractivity contribution in [3.8, 4) is 5.75 Å². The first-order chi connectivity index (χ1) is 10.8. The van der Waals surface area contributed by atoms with Crippen molar-refractivity contribution in [2.24, 2.45) is 0 Å². The van der Waals surface area contributed by atoms with Crippen LogP contribution in [0, 0.1) is 0 Å². The molecule has 4 nitrogen and oxygen atoms in total. The third-order valence-corrected chi connectivity index (χ3v) is 3.95. The number of nitrogens with one attached hydrogen (secondary N) is 2. The molecule has 1 aliphatic rings. The quantitative estimate of drug-likeness (QED) is 0.909. The fourth-order valence-electron chi connectivity index (χ4n) is 2.80. The third-order valence-electron chi connectivity index (χ3n) is 3.95. The van der Waals surface area contributed by atoms with Crippen LogP contribution in [0.5, 0.6) is 5.75 Å². The third kappa shape index (κ3) is 3.28. The number of hydrogen-bond donors (Lipinski definition) is 2. The normalized spacial score (nSPS) is 16.7. The van der Waals surface area contributed by atoms with Gasteiger partial charge in [0, 0.05) is 13.1 Å². The summed E-state index contributed by atoms with van der Waals surface area (Å²) in [6.45, 7) is 1.63. The first kappa shape index (κ1) is 14.6. The van der Waals surface area contributed by atoms with Crippen molar-refractivity contribution in [1.29, 1.82) is 0 Å². The molecule has 0 radical (unpaired) electrons. The van der Waals surface area contributed by atoms with Gasteiger partial charge in [0.25, 0.3) is 0 Å². The molecule has 1 atom stereocenters. The monoisotopic (exact) mass is 296 g/mol. The van der Waals surface area contributed by atoms with Gasteiger partial charge in [-0.15, -0.1) is 0 Å². The Hall–Kier alpha value is -2.33. The van der Waals surface area contributed by atoms with Crippen LogP contribution in [0.3, 0.4) is 0 Å². The van der Waals surface area contributed by atoms with Crippen molar-refractivity contribution in [2.45, 2.75) is 19.0 Å². The molecule has 1 aliphatic heterocycles. The van der Waals surface area contributed by atoms with E-state index in [2.05, 4.69) is 22.8 Å². The number of methoxy groups -OCH3 is 1. The van der Waals surface area contributed by atoms with Crippen molar-refractivity contribution < 1.29 is 9.53 Å². The number of carbonyl (C=O) groups is 1. The van der Waals surface area contributed by atoms with Crippen LogP contribution in [0.15, 0.2) is 48.5 Å². The molecule has 1 unspecified atom stereocenters. The maximum absolute atomic E-state index is 12.3. The minimum Gasteiger partial charge on any atom is -0.497 e. The van der Waals surface area contributed by atoms with Gasteiger partial charge in [0.05, 0.1) is 19.6 Å². The molecule has 1 heterocycles. The highest BCUT2D eigenvalue weighted by Gasteiger charge is 2.20. The topological polar surface area (TPSA) is 50.4 Å². The summed E-state index contributed by atoms with van der Waals surface area (Å²) < 4.78 is 5.13. The highest BCUT2D eigenvalue weighted by atomic mass is 16.5. The fourth-order valence-corrected chi connectivity index (χ4v) is 2.80. The second kappa shape index (κ2) is 6.62. The molecule has 0 fully saturated rings. The Morgan fingerprint density at radius 3 is 2.77 bits per heavy atom. The van der Waals surface area contributed by atoms with Crippen molar-refractivity contribution in [3.05, 3.63) is 65.2 Å². The maximum atomic E-state index is 12.3. The summed E-state index contributed by atoms with van der Waals surface area (Å²) in [6.07, 6.45) is 0.378. The largest absolute Gasteiger partial charge is 0.497 e. The van der Waals surface area contributed by atoms with Gasteiger partial charge in [-0.3, -0.25) is 4.79 Å². The van der Waals surface area contributed by atoms with Crippen molar-refractivity contribution in [2.75, 3.05) is 13.7 Å². The zero-order valence-electron chi connectivity index (χ0n) is 12.6. The SMILES string of the molecule is COc1ccc(CC(=O)NC2CNCc3ccccc32)cc1. The number of amides is 1. The molecule has 22 heavy (non-hydrogen) atoms. The molecule has 3 rings (SSSR count). The molecule has 4 heteroatoms. The summed E-state index contributed by atoms with van der Waals surface area (Å²) >= 11 is 0. The first-order valence-corrected chi connectivity index (χ1v) is 7.47. The Morgan fingerprint density at radius 1 is 1.23 bits per heavy atom. The molecule has 2 aromatic carbocycles. The number of hydrogen-bond acceptors (Lipinski definition) is 3. The van der Waals surface area contributed by atoms with E-state index in [1.54, 1.807) is 7.11 Å². The maximum Gasteiger partial charge on any atom is 0.224 e. The molecular weight excluding hydrogens is 276 g/mol. The van der Waals surface area contributed by atoms with Gasteiger partial charge in [-0.25, -0.2) is 0 Å². The van der Waals surface area contributed by atoms with Gasteiger partial charge in [-0.1, -0.05) is 36.4 Å². The van der Waals surface area contributed by atoms with Crippen LogP contribution < -0.4 is 15.4 Å². The molecular formula is C18H20N2O2. The van der Waals surface area contributed by atoms with Crippen molar-refractivity contribution in [3.63, 3.8) is 0 Å². The molecule has 2 aromatic rings. The minimum absolute atomic E-state index is 0.0358. The van der Waals surface area contributed by atoms with Crippen LogP contribution in [-0.2, 0) is 17.8 Å². The van der Waals surface area contributed by atoms with E-state index in [0.29, 0.717) is 6.42 Å². The number of carbonyl (C=O) groups excluding carboxylic acids is 1. The molecule has 114 valence electrons. The van der Waals surface area contributed by atoms with Gasteiger partial charge < -0.3 is 15.4 Å². The molecule has 0 bridgehead atoms. The highest BCUT2D eigenvalue weighted by Crippen LogP contribution is 2.21. The fraction of sp³-hybridized carbons (Fsp3) is 0.278. The minimum atomic E-state index is 0.0358. The lowest BCUT2D eigenvalue weighted by atomic mass is 9.96. The van der Waals surface area contributed by atoms with E-state index in [1.807, 2.05) is 36.4 Å². The Kier molecular flexibility index (Phi) is 4.39. The van der Waals surface area contributed by atoms with Crippen LogP contribution in [0.25, 0.3) is 0 Å². The number of fused-ring (bicyclic) bond motifs is 1. The summed E-state index contributed by atoms with van der Waals surface area (Å²) in [7, 11) is 1.63. The predicted octanol–water partition coefficient (Wildman–Crippen LogP) is 2.20.